The lowest BCUT2D eigenvalue weighted by Gasteiger charge is -2.12. The van der Waals surface area contributed by atoms with Crippen LogP contribution in [0.1, 0.15) is 41.7 Å². The monoisotopic (exact) mass is 238 g/mol. The van der Waals surface area contributed by atoms with Crippen molar-refractivity contribution in [2.24, 2.45) is 0 Å². The highest BCUT2D eigenvalue weighted by Crippen LogP contribution is 2.18. The van der Waals surface area contributed by atoms with E-state index in [1.807, 2.05) is 0 Å². The third kappa shape index (κ3) is 2.53. The molecular formula is C12H15ClN2O. The number of carbonyl (C=O) groups is 1. The van der Waals surface area contributed by atoms with Gasteiger partial charge in [0.15, 0.2) is 0 Å². The number of carbonyl (C=O) groups excluding carboxylic acids is 1. The summed E-state index contributed by atoms with van der Waals surface area (Å²) in [4.78, 5) is 16.0. The van der Waals surface area contributed by atoms with Gasteiger partial charge in [-0.05, 0) is 31.9 Å². The van der Waals surface area contributed by atoms with Gasteiger partial charge in [0.05, 0.1) is 11.3 Å². The summed E-state index contributed by atoms with van der Waals surface area (Å²) in [5, 5.41) is 3.46. The molecule has 2 rings (SSSR count). The van der Waals surface area contributed by atoms with E-state index in [4.69, 9.17) is 11.6 Å². The third-order valence-corrected chi connectivity index (χ3v) is 3.20. The van der Waals surface area contributed by atoms with E-state index in [1.165, 1.54) is 12.8 Å². The van der Waals surface area contributed by atoms with Gasteiger partial charge in [0.1, 0.15) is 5.15 Å². The topological polar surface area (TPSA) is 42.0 Å². The lowest BCUT2D eigenvalue weighted by molar-refractivity contribution is 0.0937. The molecule has 0 atom stereocenters. The zero-order valence-corrected chi connectivity index (χ0v) is 10.0. The molecule has 0 aliphatic heterocycles. The van der Waals surface area contributed by atoms with E-state index >= 15 is 0 Å². The molecule has 1 aromatic heterocycles. The second-order valence-electron chi connectivity index (χ2n) is 4.22. The first kappa shape index (κ1) is 11.4. The summed E-state index contributed by atoms with van der Waals surface area (Å²) < 4.78 is 0. The van der Waals surface area contributed by atoms with Gasteiger partial charge in [0, 0.05) is 6.04 Å². The Morgan fingerprint density at radius 2 is 2.12 bits per heavy atom. The first-order chi connectivity index (χ1) is 7.66. The molecule has 1 fully saturated rings. The summed E-state index contributed by atoms with van der Waals surface area (Å²) >= 11 is 5.75. The fraction of sp³-hybridized carbons (Fsp3) is 0.500. The molecule has 1 aliphatic rings. The summed E-state index contributed by atoms with van der Waals surface area (Å²) in [6.07, 6.45) is 4.60. The fourth-order valence-corrected chi connectivity index (χ4v) is 2.29. The van der Waals surface area contributed by atoms with Crippen molar-refractivity contribution in [3.8, 4) is 0 Å². The van der Waals surface area contributed by atoms with Crippen molar-refractivity contribution >= 4 is 17.5 Å². The maximum absolute atomic E-state index is 11.9. The van der Waals surface area contributed by atoms with E-state index in [1.54, 1.807) is 19.1 Å². The molecular weight excluding hydrogens is 224 g/mol. The van der Waals surface area contributed by atoms with Crippen LogP contribution in [-0.2, 0) is 0 Å². The third-order valence-electron chi connectivity index (χ3n) is 2.99. The number of pyridine rings is 1. The predicted octanol–water partition coefficient (Wildman–Crippen LogP) is 2.72. The van der Waals surface area contributed by atoms with Crippen LogP contribution < -0.4 is 5.32 Å². The zero-order chi connectivity index (χ0) is 11.5. The number of nitrogens with zero attached hydrogens (tertiary/aromatic N) is 1. The van der Waals surface area contributed by atoms with E-state index in [0.717, 1.165) is 12.8 Å². The van der Waals surface area contributed by atoms with E-state index in [9.17, 15) is 4.79 Å². The first-order valence-corrected chi connectivity index (χ1v) is 5.98. The Bertz CT molecular complexity index is 400. The molecule has 86 valence electrons. The summed E-state index contributed by atoms with van der Waals surface area (Å²) in [7, 11) is 0. The zero-order valence-electron chi connectivity index (χ0n) is 9.29. The molecule has 1 aromatic rings. The number of rotatable bonds is 2. The maximum atomic E-state index is 11.9. The van der Waals surface area contributed by atoms with Gasteiger partial charge in [-0.15, -0.1) is 0 Å². The van der Waals surface area contributed by atoms with E-state index in [0.29, 0.717) is 22.5 Å². The van der Waals surface area contributed by atoms with Crippen molar-refractivity contribution < 1.29 is 4.79 Å². The Balaban J connectivity index is 2.08. The average molecular weight is 239 g/mol. The van der Waals surface area contributed by atoms with Gasteiger partial charge < -0.3 is 5.32 Å². The van der Waals surface area contributed by atoms with Crippen LogP contribution in [0.3, 0.4) is 0 Å². The lowest BCUT2D eigenvalue weighted by Crippen LogP contribution is -2.33. The van der Waals surface area contributed by atoms with Gasteiger partial charge in [0.2, 0.25) is 0 Å². The largest absolute Gasteiger partial charge is 0.349 e. The fourth-order valence-electron chi connectivity index (χ4n) is 2.10. The Morgan fingerprint density at radius 3 is 2.75 bits per heavy atom. The predicted molar refractivity (Wildman–Crippen MR) is 63.7 cm³/mol. The molecule has 0 spiro atoms. The van der Waals surface area contributed by atoms with Crippen LogP contribution in [-0.4, -0.2) is 16.9 Å². The van der Waals surface area contributed by atoms with Crippen molar-refractivity contribution in [1.29, 1.82) is 0 Å². The van der Waals surface area contributed by atoms with Crippen molar-refractivity contribution in [3.05, 3.63) is 28.5 Å². The molecule has 0 radical (unpaired) electrons. The Morgan fingerprint density at radius 1 is 1.44 bits per heavy atom. The number of nitrogens with one attached hydrogen (secondary N) is 1. The minimum atomic E-state index is -0.0337. The highest BCUT2D eigenvalue weighted by atomic mass is 35.5. The first-order valence-electron chi connectivity index (χ1n) is 5.61. The Hall–Kier alpha value is -1.09. The smallest absolute Gasteiger partial charge is 0.253 e. The molecule has 0 unspecified atom stereocenters. The number of hydrogen-bond acceptors (Lipinski definition) is 2. The van der Waals surface area contributed by atoms with Crippen LogP contribution in [0.25, 0.3) is 0 Å². The number of halogens is 1. The summed E-state index contributed by atoms with van der Waals surface area (Å²) in [6.45, 7) is 1.80. The van der Waals surface area contributed by atoms with Crippen molar-refractivity contribution in [1.82, 2.24) is 10.3 Å². The van der Waals surface area contributed by atoms with Gasteiger partial charge >= 0.3 is 0 Å². The van der Waals surface area contributed by atoms with Gasteiger partial charge in [-0.3, -0.25) is 4.79 Å². The quantitative estimate of drug-likeness (QED) is 0.805. The van der Waals surface area contributed by atoms with Crippen LogP contribution in [0.15, 0.2) is 12.1 Å². The number of hydrogen-bond donors (Lipinski definition) is 1. The van der Waals surface area contributed by atoms with Crippen molar-refractivity contribution in [3.63, 3.8) is 0 Å². The molecule has 0 bridgehead atoms. The minimum Gasteiger partial charge on any atom is -0.349 e. The lowest BCUT2D eigenvalue weighted by atomic mass is 10.1. The van der Waals surface area contributed by atoms with Gasteiger partial charge in [0.25, 0.3) is 5.91 Å². The maximum Gasteiger partial charge on any atom is 0.253 e. The normalized spacial score (nSPS) is 16.4. The second kappa shape index (κ2) is 4.83. The summed E-state index contributed by atoms with van der Waals surface area (Å²) in [5.41, 5.74) is 1.30. The second-order valence-corrected chi connectivity index (χ2v) is 4.61. The Labute approximate surface area is 100 Å². The molecule has 1 N–H and O–H groups in total. The van der Waals surface area contributed by atoms with Crippen molar-refractivity contribution in [2.75, 3.05) is 0 Å². The van der Waals surface area contributed by atoms with E-state index in [2.05, 4.69) is 10.3 Å². The molecule has 4 heteroatoms. The van der Waals surface area contributed by atoms with Gasteiger partial charge in [-0.1, -0.05) is 24.4 Å². The van der Waals surface area contributed by atoms with Crippen molar-refractivity contribution in [2.45, 2.75) is 38.6 Å². The SMILES string of the molecule is Cc1nc(Cl)ccc1C(=O)NC1CCCC1. The van der Waals surface area contributed by atoms with E-state index < -0.39 is 0 Å². The molecule has 1 aliphatic carbocycles. The molecule has 16 heavy (non-hydrogen) atoms. The standard InChI is InChI=1S/C12H15ClN2O/c1-8-10(6-7-11(13)14-8)12(16)15-9-4-2-3-5-9/h6-7,9H,2-5H2,1H3,(H,15,16). The highest BCUT2D eigenvalue weighted by Gasteiger charge is 2.19. The Kier molecular flexibility index (Phi) is 3.44. The van der Waals surface area contributed by atoms with Crippen LogP contribution in [0, 0.1) is 6.92 Å². The van der Waals surface area contributed by atoms with Gasteiger partial charge in [-0.2, -0.15) is 0 Å². The molecule has 1 amide bonds. The van der Waals surface area contributed by atoms with Crippen LogP contribution in [0.5, 0.6) is 0 Å². The highest BCUT2D eigenvalue weighted by molar-refractivity contribution is 6.29. The van der Waals surface area contributed by atoms with Crippen LogP contribution in [0.2, 0.25) is 5.15 Å². The van der Waals surface area contributed by atoms with Crippen LogP contribution >= 0.6 is 11.6 Å². The molecule has 0 saturated heterocycles. The molecule has 3 nitrogen and oxygen atoms in total. The summed E-state index contributed by atoms with van der Waals surface area (Å²) in [6, 6.07) is 3.72. The average Bonchev–Trinajstić information content (AvgIpc) is 2.70. The van der Waals surface area contributed by atoms with Gasteiger partial charge in [-0.25, -0.2) is 4.98 Å². The van der Waals surface area contributed by atoms with E-state index in [-0.39, 0.29) is 5.91 Å². The number of amides is 1. The van der Waals surface area contributed by atoms with Crippen LogP contribution in [0.4, 0.5) is 0 Å². The molecule has 0 aromatic carbocycles. The number of aryl methyl sites for hydroxylation is 1. The summed E-state index contributed by atoms with van der Waals surface area (Å²) in [5.74, 6) is -0.0337. The molecule has 1 saturated carbocycles. The number of aromatic nitrogens is 1. The molecule has 1 heterocycles. The minimum absolute atomic E-state index is 0.0337.